The summed E-state index contributed by atoms with van der Waals surface area (Å²) in [6.45, 7) is 0. The standard InChI is InChI=1S/C29H20N2/c1-2-6-21-17(5-1)11-18-12-19-13-20-14-27-26(16-25(20)24(19)15-23(18)21)22-7-3-4-8-28(22)31-10-9-30-29(27)31/h1,3-5,7-10,12,14-16H,2,6,11,13H2. The first kappa shape index (κ1) is 16.1. The van der Waals surface area contributed by atoms with Crippen molar-refractivity contribution in [3.05, 3.63) is 101 Å². The molecule has 0 amide bonds. The molecule has 0 bridgehead atoms. The predicted octanol–water partition coefficient (Wildman–Crippen LogP) is 6.87. The SMILES string of the molecule is C1=CC2=C(CC1)c1cc3c(cc1C2)Cc1cc2c(cc1-3)c1ccccc1n1ccnc21. The normalized spacial score (nSPS) is 16.3. The largest absolute Gasteiger partial charge is 0.299 e. The minimum atomic E-state index is 1.02. The highest BCUT2D eigenvalue weighted by molar-refractivity contribution is 6.13. The van der Waals surface area contributed by atoms with Crippen molar-refractivity contribution in [2.75, 3.05) is 0 Å². The van der Waals surface area contributed by atoms with E-state index in [1.54, 1.807) is 5.57 Å². The summed E-state index contributed by atoms with van der Waals surface area (Å²) in [5, 5.41) is 3.86. The second kappa shape index (κ2) is 5.53. The maximum absolute atomic E-state index is 4.72. The van der Waals surface area contributed by atoms with Gasteiger partial charge in [0, 0.05) is 23.2 Å². The zero-order chi connectivity index (χ0) is 20.1. The summed E-state index contributed by atoms with van der Waals surface area (Å²) < 4.78 is 2.23. The number of nitrogens with zero attached hydrogens (tertiary/aromatic N) is 2. The molecule has 2 aromatic heterocycles. The van der Waals surface area contributed by atoms with Crippen molar-refractivity contribution < 1.29 is 0 Å². The number of fused-ring (bicyclic) bond motifs is 11. The van der Waals surface area contributed by atoms with Crippen molar-refractivity contribution in [1.82, 2.24) is 9.38 Å². The van der Waals surface area contributed by atoms with Gasteiger partial charge in [0.05, 0.1) is 5.52 Å². The van der Waals surface area contributed by atoms with Crippen LogP contribution in [0.4, 0.5) is 0 Å². The Balaban J connectivity index is 1.44. The summed E-state index contributed by atoms with van der Waals surface area (Å²) in [6, 6.07) is 18.5. The summed E-state index contributed by atoms with van der Waals surface area (Å²) >= 11 is 0. The Hall–Kier alpha value is -3.65. The molecule has 8 rings (SSSR count). The van der Waals surface area contributed by atoms with Gasteiger partial charge in [-0.1, -0.05) is 36.4 Å². The molecule has 0 unspecified atom stereocenters. The number of hydrogen-bond acceptors (Lipinski definition) is 1. The van der Waals surface area contributed by atoms with Gasteiger partial charge >= 0.3 is 0 Å². The van der Waals surface area contributed by atoms with Crippen molar-refractivity contribution in [3.63, 3.8) is 0 Å². The smallest absolute Gasteiger partial charge is 0.145 e. The molecule has 5 aromatic rings. The molecule has 0 fully saturated rings. The highest BCUT2D eigenvalue weighted by Gasteiger charge is 2.27. The van der Waals surface area contributed by atoms with E-state index in [4.69, 9.17) is 4.98 Å². The van der Waals surface area contributed by atoms with E-state index < -0.39 is 0 Å². The van der Waals surface area contributed by atoms with Gasteiger partial charge in [-0.25, -0.2) is 4.98 Å². The van der Waals surface area contributed by atoms with Crippen LogP contribution in [0.1, 0.15) is 35.1 Å². The van der Waals surface area contributed by atoms with Crippen LogP contribution in [0.15, 0.2) is 78.6 Å². The van der Waals surface area contributed by atoms with Crippen molar-refractivity contribution in [2.24, 2.45) is 0 Å². The summed E-state index contributed by atoms with van der Waals surface area (Å²) in [6.07, 6.45) is 13.2. The number of rotatable bonds is 0. The van der Waals surface area contributed by atoms with Gasteiger partial charge in [0.15, 0.2) is 0 Å². The highest BCUT2D eigenvalue weighted by Crippen LogP contribution is 2.46. The molecule has 146 valence electrons. The lowest BCUT2D eigenvalue weighted by Gasteiger charge is -2.12. The zero-order valence-corrected chi connectivity index (χ0v) is 17.2. The fraction of sp³-hybridized carbons (Fsp3) is 0.138. The van der Waals surface area contributed by atoms with E-state index in [9.17, 15) is 0 Å². The summed E-state index contributed by atoms with van der Waals surface area (Å²) in [4.78, 5) is 4.72. The average molecular weight is 396 g/mol. The molecule has 0 spiro atoms. The van der Waals surface area contributed by atoms with Gasteiger partial charge in [-0.15, -0.1) is 0 Å². The van der Waals surface area contributed by atoms with Gasteiger partial charge in [-0.3, -0.25) is 4.40 Å². The fourth-order valence-electron chi connectivity index (χ4n) is 6.18. The Kier molecular flexibility index (Phi) is 2.87. The Bertz CT molecular complexity index is 1680. The average Bonchev–Trinajstić information content (AvgIpc) is 3.51. The molecule has 3 aliphatic rings. The molecule has 0 radical (unpaired) electrons. The number of imidazole rings is 1. The van der Waals surface area contributed by atoms with E-state index in [0.29, 0.717) is 0 Å². The van der Waals surface area contributed by atoms with Crippen LogP contribution in [0.3, 0.4) is 0 Å². The quantitative estimate of drug-likeness (QED) is 0.256. The summed E-state index contributed by atoms with van der Waals surface area (Å²) in [5.41, 5.74) is 14.2. The minimum absolute atomic E-state index is 1.02. The first-order chi connectivity index (χ1) is 15.3. The number of benzene rings is 3. The second-order valence-electron chi connectivity index (χ2n) is 9.16. The molecule has 2 heterocycles. The van der Waals surface area contributed by atoms with E-state index in [1.807, 2.05) is 6.20 Å². The molecule has 0 N–H and O–H groups in total. The fourth-order valence-corrected chi connectivity index (χ4v) is 6.18. The number of aromatic nitrogens is 2. The molecule has 0 saturated heterocycles. The van der Waals surface area contributed by atoms with Crippen LogP contribution in [0.25, 0.3) is 44.0 Å². The molecule has 0 atom stereocenters. The maximum atomic E-state index is 4.72. The molecule has 2 heteroatoms. The zero-order valence-electron chi connectivity index (χ0n) is 17.2. The van der Waals surface area contributed by atoms with E-state index in [0.717, 1.165) is 18.5 Å². The number of para-hydroxylation sites is 1. The lowest BCUT2D eigenvalue weighted by Crippen LogP contribution is -1.92. The molecule has 0 aliphatic heterocycles. The maximum Gasteiger partial charge on any atom is 0.145 e. The molecule has 3 aliphatic carbocycles. The summed E-state index contributed by atoms with van der Waals surface area (Å²) in [5.74, 6) is 0. The molecular weight excluding hydrogens is 376 g/mol. The van der Waals surface area contributed by atoms with Crippen molar-refractivity contribution >= 4 is 32.9 Å². The van der Waals surface area contributed by atoms with Crippen molar-refractivity contribution in [2.45, 2.75) is 25.7 Å². The predicted molar refractivity (Wildman–Crippen MR) is 127 cm³/mol. The third kappa shape index (κ3) is 2.00. The minimum Gasteiger partial charge on any atom is -0.299 e. The Morgan fingerprint density at radius 3 is 2.65 bits per heavy atom. The first-order valence-corrected chi connectivity index (χ1v) is 11.2. The van der Waals surface area contributed by atoms with E-state index >= 15 is 0 Å². The third-order valence-corrected chi connectivity index (χ3v) is 7.55. The van der Waals surface area contributed by atoms with Crippen LogP contribution < -0.4 is 0 Å². The number of hydrogen-bond donors (Lipinski definition) is 0. The van der Waals surface area contributed by atoms with Crippen LogP contribution in [-0.4, -0.2) is 9.38 Å². The van der Waals surface area contributed by atoms with Crippen LogP contribution in [0, 0.1) is 0 Å². The van der Waals surface area contributed by atoms with E-state index in [2.05, 4.69) is 71.3 Å². The number of pyridine rings is 1. The topological polar surface area (TPSA) is 17.3 Å². The second-order valence-corrected chi connectivity index (χ2v) is 9.16. The van der Waals surface area contributed by atoms with E-state index in [-0.39, 0.29) is 0 Å². The molecule has 3 aromatic carbocycles. The van der Waals surface area contributed by atoms with Crippen LogP contribution in [0.5, 0.6) is 0 Å². The van der Waals surface area contributed by atoms with Gasteiger partial charge in [0.1, 0.15) is 5.65 Å². The van der Waals surface area contributed by atoms with Crippen molar-refractivity contribution in [3.8, 4) is 11.1 Å². The van der Waals surface area contributed by atoms with Crippen LogP contribution >= 0.6 is 0 Å². The van der Waals surface area contributed by atoms with Gasteiger partial charge in [-0.05, 0) is 99.9 Å². The lowest BCUT2D eigenvalue weighted by molar-refractivity contribution is 1.04. The molecule has 2 nitrogen and oxygen atoms in total. The van der Waals surface area contributed by atoms with Crippen LogP contribution in [-0.2, 0) is 12.8 Å². The molecular formula is C29H20N2. The summed E-state index contributed by atoms with van der Waals surface area (Å²) in [7, 11) is 0. The Morgan fingerprint density at radius 1 is 0.774 bits per heavy atom. The monoisotopic (exact) mass is 396 g/mol. The Labute approximate surface area is 180 Å². The number of allylic oxidation sites excluding steroid dienone is 4. The van der Waals surface area contributed by atoms with Gasteiger partial charge in [0.2, 0.25) is 0 Å². The van der Waals surface area contributed by atoms with E-state index in [1.165, 1.54) is 73.5 Å². The Morgan fingerprint density at radius 2 is 1.65 bits per heavy atom. The van der Waals surface area contributed by atoms with Gasteiger partial charge in [-0.2, -0.15) is 0 Å². The van der Waals surface area contributed by atoms with Crippen molar-refractivity contribution in [1.29, 1.82) is 0 Å². The van der Waals surface area contributed by atoms with Gasteiger partial charge in [0.25, 0.3) is 0 Å². The highest BCUT2D eigenvalue weighted by atomic mass is 15.0. The van der Waals surface area contributed by atoms with Gasteiger partial charge < -0.3 is 0 Å². The molecule has 31 heavy (non-hydrogen) atoms. The lowest BCUT2D eigenvalue weighted by atomic mass is 9.93. The van der Waals surface area contributed by atoms with Crippen LogP contribution in [0.2, 0.25) is 0 Å². The molecule has 0 saturated carbocycles. The third-order valence-electron chi connectivity index (χ3n) is 7.55. The first-order valence-electron chi connectivity index (χ1n) is 11.2.